The first-order valence-electron chi connectivity index (χ1n) is 7.27. The highest BCUT2D eigenvalue weighted by atomic mass is 32.1. The Labute approximate surface area is 144 Å². The van der Waals surface area contributed by atoms with Gasteiger partial charge in [-0.1, -0.05) is 23.5 Å². The standard InChI is InChI=1S/C17H11N3O4S/c1-23-9-6-7-11-13(8-9)25-17(18-11)20-19-14-15(21)10-4-2-3-5-12(10)24-16(14)22/h2-8,21H,1H3. The third kappa shape index (κ3) is 2.72. The molecular weight excluding hydrogens is 342 g/mol. The molecule has 2 aromatic carbocycles. The number of hydrogen-bond donors (Lipinski definition) is 1. The molecule has 0 amide bonds. The van der Waals surface area contributed by atoms with E-state index in [0.717, 1.165) is 10.2 Å². The molecule has 0 saturated heterocycles. The summed E-state index contributed by atoms with van der Waals surface area (Å²) >= 11 is 1.30. The minimum absolute atomic E-state index is 0.254. The fourth-order valence-corrected chi connectivity index (χ4v) is 3.18. The normalized spacial score (nSPS) is 11.6. The smallest absolute Gasteiger partial charge is 0.368 e. The Bertz CT molecular complexity index is 1180. The molecule has 0 fully saturated rings. The predicted molar refractivity (Wildman–Crippen MR) is 94.5 cm³/mol. The molecule has 25 heavy (non-hydrogen) atoms. The number of aromatic hydroxyl groups is 1. The van der Waals surface area contributed by atoms with E-state index in [4.69, 9.17) is 9.15 Å². The number of rotatable bonds is 3. The van der Waals surface area contributed by atoms with Gasteiger partial charge in [0.25, 0.3) is 0 Å². The number of fused-ring (bicyclic) bond motifs is 2. The van der Waals surface area contributed by atoms with Crippen LogP contribution in [0.4, 0.5) is 10.8 Å². The van der Waals surface area contributed by atoms with Crippen LogP contribution in [0.15, 0.2) is 61.9 Å². The molecule has 124 valence electrons. The van der Waals surface area contributed by atoms with Crippen LogP contribution in [0.1, 0.15) is 0 Å². The molecule has 4 aromatic rings. The highest BCUT2D eigenvalue weighted by Crippen LogP contribution is 2.34. The maximum absolute atomic E-state index is 12.0. The van der Waals surface area contributed by atoms with Gasteiger partial charge in [-0.3, -0.25) is 0 Å². The van der Waals surface area contributed by atoms with Crippen LogP contribution in [0.3, 0.4) is 0 Å². The molecule has 1 N–H and O–H groups in total. The van der Waals surface area contributed by atoms with E-state index in [9.17, 15) is 9.90 Å². The first-order chi connectivity index (χ1) is 12.2. The van der Waals surface area contributed by atoms with Crippen molar-refractivity contribution in [2.24, 2.45) is 10.2 Å². The van der Waals surface area contributed by atoms with E-state index >= 15 is 0 Å². The summed E-state index contributed by atoms with van der Waals surface area (Å²) in [4.78, 5) is 16.3. The van der Waals surface area contributed by atoms with E-state index in [-0.39, 0.29) is 17.0 Å². The maximum atomic E-state index is 12.0. The monoisotopic (exact) mass is 353 g/mol. The highest BCUT2D eigenvalue weighted by molar-refractivity contribution is 7.21. The molecule has 0 unspecified atom stereocenters. The molecular formula is C17H11N3O4S. The lowest BCUT2D eigenvalue weighted by atomic mass is 10.2. The van der Waals surface area contributed by atoms with Crippen LogP contribution in [0.5, 0.6) is 11.5 Å². The zero-order valence-corrected chi connectivity index (χ0v) is 13.8. The van der Waals surface area contributed by atoms with Crippen molar-refractivity contribution in [1.82, 2.24) is 4.98 Å². The van der Waals surface area contributed by atoms with Crippen molar-refractivity contribution in [3.05, 3.63) is 52.9 Å². The van der Waals surface area contributed by atoms with Crippen molar-refractivity contribution < 1.29 is 14.3 Å². The zero-order chi connectivity index (χ0) is 17.4. The molecule has 0 aliphatic heterocycles. The number of azo groups is 1. The minimum Gasteiger partial charge on any atom is -0.505 e. The van der Waals surface area contributed by atoms with Gasteiger partial charge in [-0.15, -0.1) is 10.2 Å². The number of methoxy groups -OCH3 is 1. The van der Waals surface area contributed by atoms with E-state index in [2.05, 4.69) is 15.2 Å². The number of hydrogen-bond acceptors (Lipinski definition) is 8. The third-order valence-corrected chi connectivity index (χ3v) is 4.48. The SMILES string of the molecule is COc1ccc2nc(N=Nc3c(O)c4ccccc4oc3=O)sc2c1. The van der Waals surface area contributed by atoms with E-state index in [1.807, 2.05) is 12.1 Å². The van der Waals surface area contributed by atoms with Gasteiger partial charge < -0.3 is 14.3 Å². The van der Waals surface area contributed by atoms with Crippen LogP contribution in [-0.4, -0.2) is 17.2 Å². The van der Waals surface area contributed by atoms with E-state index < -0.39 is 5.63 Å². The van der Waals surface area contributed by atoms with E-state index in [1.165, 1.54) is 11.3 Å². The molecule has 8 heteroatoms. The Hall–Kier alpha value is -3.26. The summed E-state index contributed by atoms with van der Waals surface area (Å²) in [5.74, 6) is 0.450. The molecule has 0 radical (unpaired) electrons. The largest absolute Gasteiger partial charge is 0.505 e. The van der Waals surface area contributed by atoms with Crippen LogP contribution in [0.25, 0.3) is 21.2 Å². The van der Waals surface area contributed by atoms with Gasteiger partial charge >= 0.3 is 5.63 Å². The number of ether oxygens (including phenoxy) is 1. The Morgan fingerprint density at radius 3 is 2.88 bits per heavy atom. The van der Waals surface area contributed by atoms with Crippen molar-refractivity contribution in [3.8, 4) is 11.5 Å². The van der Waals surface area contributed by atoms with Crippen LogP contribution >= 0.6 is 11.3 Å². The summed E-state index contributed by atoms with van der Waals surface area (Å²) < 4.78 is 11.2. The molecule has 0 spiro atoms. The Kier molecular flexibility index (Phi) is 3.66. The lowest BCUT2D eigenvalue weighted by Crippen LogP contribution is -1.98. The Morgan fingerprint density at radius 1 is 1.20 bits per heavy atom. The predicted octanol–water partition coefficient (Wildman–Crippen LogP) is 4.53. The van der Waals surface area contributed by atoms with Gasteiger partial charge in [0.2, 0.25) is 10.8 Å². The molecule has 0 aliphatic rings. The number of aromatic nitrogens is 1. The van der Waals surface area contributed by atoms with Crippen LogP contribution in [0.2, 0.25) is 0 Å². The topological polar surface area (TPSA) is 97.3 Å². The third-order valence-electron chi connectivity index (χ3n) is 3.58. The lowest BCUT2D eigenvalue weighted by molar-refractivity contribution is 0.415. The first-order valence-corrected chi connectivity index (χ1v) is 8.08. The zero-order valence-electron chi connectivity index (χ0n) is 13.0. The Morgan fingerprint density at radius 2 is 2.04 bits per heavy atom. The average Bonchev–Trinajstić information content (AvgIpc) is 3.03. The van der Waals surface area contributed by atoms with Gasteiger partial charge in [0.15, 0.2) is 5.75 Å². The quantitative estimate of drug-likeness (QED) is 0.431. The highest BCUT2D eigenvalue weighted by Gasteiger charge is 2.13. The van der Waals surface area contributed by atoms with Crippen LogP contribution in [0, 0.1) is 0 Å². The van der Waals surface area contributed by atoms with Crippen LogP contribution in [-0.2, 0) is 0 Å². The van der Waals surface area contributed by atoms with Crippen molar-refractivity contribution in [2.75, 3.05) is 7.11 Å². The molecule has 0 bridgehead atoms. The number of benzene rings is 2. The molecule has 7 nitrogen and oxygen atoms in total. The van der Waals surface area contributed by atoms with Crippen molar-refractivity contribution in [1.29, 1.82) is 0 Å². The fraction of sp³-hybridized carbons (Fsp3) is 0.0588. The summed E-state index contributed by atoms with van der Waals surface area (Å²) in [6, 6.07) is 12.1. The van der Waals surface area contributed by atoms with E-state index in [0.29, 0.717) is 16.3 Å². The molecule has 0 saturated carbocycles. The van der Waals surface area contributed by atoms with Crippen LogP contribution < -0.4 is 10.4 Å². The molecule has 2 heterocycles. The fourth-order valence-electron chi connectivity index (χ4n) is 2.37. The molecule has 4 rings (SSSR count). The van der Waals surface area contributed by atoms with Gasteiger partial charge in [0, 0.05) is 0 Å². The van der Waals surface area contributed by atoms with Gasteiger partial charge in [0.1, 0.15) is 11.3 Å². The molecule has 0 aliphatic carbocycles. The maximum Gasteiger partial charge on any atom is 0.368 e. The minimum atomic E-state index is -0.761. The van der Waals surface area contributed by atoms with Gasteiger partial charge in [-0.2, -0.15) is 0 Å². The number of thiazole rings is 1. The van der Waals surface area contributed by atoms with Gasteiger partial charge in [-0.25, -0.2) is 9.78 Å². The van der Waals surface area contributed by atoms with Crippen molar-refractivity contribution in [2.45, 2.75) is 0 Å². The van der Waals surface area contributed by atoms with E-state index in [1.54, 1.807) is 37.4 Å². The summed E-state index contributed by atoms with van der Waals surface area (Å²) in [6.45, 7) is 0. The summed E-state index contributed by atoms with van der Waals surface area (Å²) in [6.07, 6.45) is 0. The second-order valence-corrected chi connectivity index (χ2v) is 6.12. The van der Waals surface area contributed by atoms with Crippen molar-refractivity contribution in [3.63, 3.8) is 0 Å². The first kappa shape index (κ1) is 15.3. The van der Waals surface area contributed by atoms with Gasteiger partial charge in [-0.05, 0) is 30.3 Å². The average molecular weight is 353 g/mol. The Balaban J connectivity index is 1.77. The van der Waals surface area contributed by atoms with Gasteiger partial charge in [0.05, 0.1) is 22.7 Å². The molecule has 2 aromatic heterocycles. The summed E-state index contributed by atoms with van der Waals surface area (Å²) in [5, 5.41) is 18.8. The molecule has 0 atom stereocenters. The number of nitrogens with zero attached hydrogens (tertiary/aromatic N) is 3. The summed E-state index contributed by atoms with van der Waals surface area (Å²) in [5.41, 5.74) is 0.0174. The second kappa shape index (κ2) is 5.99. The summed E-state index contributed by atoms with van der Waals surface area (Å²) in [7, 11) is 1.59. The lowest BCUT2D eigenvalue weighted by Gasteiger charge is -2.00. The van der Waals surface area contributed by atoms with Crippen molar-refractivity contribution >= 4 is 43.3 Å². The number of para-hydroxylation sites is 1. The second-order valence-electron chi connectivity index (χ2n) is 5.11.